The summed E-state index contributed by atoms with van der Waals surface area (Å²) in [7, 11) is 0. The van der Waals surface area contributed by atoms with Crippen molar-refractivity contribution in [2.75, 3.05) is 11.9 Å². The zero-order valence-electron chi connectivity index (χ0n) is 15.5. The minimum Gasteiger partial charge on any atom is -0.477 e. The van der Waals surface area contributed by atoms with Crippen LogP contribution in [0.5, 0.6) is 0 Å². The number of amides is 2. The van der Waals surface area contributed by atoms with Crippen LogP contribution >= 0.6 is 22.9 Å². The maximum Gasteiger partial charge on any atom is 0.417 e. The van der Waals surface area contributed by atoms with Gasteiger partial charge in [0.15, 0.2) is 0 Å². The predicted molar refractivity (Wildman–Crippen MR) is 108 cm³/mol. The van der Waals surface area contributed by atoms with Crippen molar-refractivity contribution >= 4 is 40.6 Å². The number of carboxylic acids is 1. The van der Waals surface area contributed by atoms with E-state index in [1.54, 1.807) is 0 Å². The molecule has 0 unspecified atom stereocenters. The van der Waals surface area contributed by atoms with Gasteiger partial charge in [-0.05, 0) is 30.2 Å². The van der Waals surface area contributed by atoms with Crippen molar-refractivity contribution in [3.63, 3.8) is 0 Å². The smallest absolute Gasteiger partial charge is 0.417 e. The lowest BCUT2D eigenvalue weighted by atomic mass is 10.1. The molecule has 5 nitrogen and oxygen atoms in total. The second-order valence-corrected chi connectivity index (χ2v) is 7.75. The molecule has 3 N–H and O–H groups in total. The zero-order chi connectivity index (χ0) is 21.6. The molecule has 0 aliphatic heterocycles. The van der Waals surface area contributed by atoms with Crippen molar-refractivity contribution in [1.82, 2.24) is 5.32 Å². The van der Waals surface area contributed by atoms with Gasteiger partial charge in [0.05, 0.1) is 16.3 Å². The summed E-state index contributed by atoms with van der Waals surface area (Å²) in [6, 6.07) is 4.11. The molecule has 10 heteroatoms. The normalized spacial score (nSPS) is 11.3. The second kappa shape index (κ2) is 9.98. The molecule has 0 bridgehead atoms. The van der Waals surface area contributed by atoms with E-state index in [-0.39, 0.29) is 21.0 Å². The van der Waals surface area contributed by atoms with E-state index in [1.165, 1.54) is 12.1 Å². The number of nitrogens with one attached hydrogen (secondary N) is 2. The van der Waals surface area contributed by atoms with Gasteiger partial charge in [-0.2, -0.15) is 13.2 Å². The van der Waals surface area contributed by atoms with Gasteiger partial charge < -0.3 is 15.7 Å². The highest BCUT2D eigenvalue weighted by molar-refractivity contribution is 7.18. The minimum atomic E-state index is -4.64. The molecular weight excluding hydrogens is 429 g/mol. The number of anilines is 1. The standard InChI is InChI=1S/C19H20ClF3N2O3S/c1-2-3-4-5-8-24-18(28)25-14-10-15(29-16(14)17(26)27)11-6-7-13(20)12(9-11)19(21,22)23/h6-7,9-10H,2-5,8H2,1H3,(H,26,27)(H2,24,25,28). The highest BCUT2D eigenvalue weighted by Crippen LogP contribution is 2.40. The first-order chi connectivity index (χ1) is 13.6. The lowest BCUT2D eigenvalue weighted by Gasteiger charge is -2.10. The number of carbonyl (C=O) groups is 2. The maximum atomic E-state index is 13.1. The first-order valence-corrected chi connectivity index (χ1v) is 10.1. The molecule has 1 aromatic heterocycles. The van der Waals surface area contributed by atoms with Gasteiger partial charge in [-0.1, -0.05) is 43.9 Å². The number of carboxylic acid groups (broad SMARTS) is 1. The Morgan fingerprint density at radius 2 is 1.90 bits per heavy atom. The molecule has 158 valence electrons. The number of unbranched alkanes of at least 4 members (excludes halogenated alkanes) is 3. The Hall–Kier alpha value is -2.26. The van der Waals surface area contributed by atoms with Gasteiger partial charge in [-0.3, -0.25) is 0 Å². The zero-order valence-corrected chi connectivity index (χ0v) is 17.1. The Morgan fingerprint density at radius 3 is 2.52 bits per heavy atom. The molecule has 29 heavy (non-hydrogen) atoms. The molecule has 0 radical (unpaired) electrons. The van der Waals surface area contributed by atoms with Gasteiger partial charge >= 0.3 is 18.2 Å². The van der Waals surface area contributed by atoms with Crippen LogP contribution in [-0.4, -0.2) is 23.7 Å². The van der Waals surface area contributed by atoms with Crippen LogP contribution in [0.1, 0.15) is 47.8 Å². The first-order valence-electron chi connectivity index (χ1n) is 8.92. The van der Waals surface area contributed by atoms with Crippen molar-refractivity contribution in [2.45, 2.75) is 38.8 Å². The van der Waals surface area contributed by atoms with Crippen molar-refractivity contribution < 1.29 is 27.9 Å². The lowest BCUT2D eigenvalue weighted by Crippen LogP contribution is -2.29. The number of alkyl halides is 3. The number of rotatable bonds is 8. The maximum absolute atomic E-state index is 13.1. The number of carbonyl (C=O) groups excluding carboxylic acids is 1. The molecule has 2 rings (SSSR count). The van der Waals surface area contributed by atoms with Crippen molar-refractivity contribution in [2.24, 2.45) is 0 Å². The summed E-state index contributed by atoms with van der Waals surface area (Å²) in [6.07, 6.45) is -0.753. The summed E-state index contributed by atoms with van der Waals surface area (Å²) in [6.45, 7) is 2.51. The summed E-state index contributed by atoms with van der Waals surface area (Å²) < 4.78 is 39.3. The van der Waals surface area contributed by atoms with E-state index in [2.05, 4.69) is 17.6 Å². The Balaban J connectivity index is 2.21. The molecule has 2 aromatic rings. The molecule has 0 aliphatic rings. The van der Waals surface area contributed by atoms with Crippen LogP contribution in [0.15, 0.2) is 24.3 Å². The first kappa shape index (κ1) is 23.0. The lowest BCUT2D eigenvalue weighted by molar-refractivity contribution is -0.137. The second-order valence-electron chi connectivity index (χ2n) is 6.29. The van der Waals surface area contributed by atoms with Crippen LogP contribution in [0.25, 0.3) is 10.4 Å². The number of thiophene rings is 1. The summed E-state index contributed by atoms with van der Waals surface area (Å²) in [4.78, 5) is 23.6. The fourth-order valence-electron chi connectivity index (χ4n) is 2.60. The molecule has 2 amide bonds. The molecule has 0 aliphatic carbocycles. The monoisotopic (exact) mass is 448 g/mol. The van der Waals surface area contributed by atoms with Crippen LogP contribution in [-0.2, 0) is 6.18 Å². The molecule has 0 saturated carbocycles. The average molecular weight is 449 g/mol. The van der Waals surface area contributed by atoms with Crippen LogP contribution in [0.3, 0.4) is 0 Å². The number of aromatic carboxylic acids is 1. The van der Waals surface area contributed by atoms with Gasteiger partial charge in [0.2, 0.25) is 0 Å². The Labute approximate surface area is 174 Å². The Kier molecular flexibility index (Phi) is 7.92. The van der Waals surface area contributed by atoms with Gasteiger partial charge in [0.1, 0.15) is 4.88 Å². The minimum absolute atomic E-state index is 0.0204. The van der Waals surface area contributed by atoms with Gasteiger partial charge in [-0.15, -0.1) is 11.3 Å². The van der Waals surface area contributed by atoms with Gasteiger partial charge in [0.25, 0.3) is 0 Å². The molecule has 1 aromatic carbocycles. The van der Waals surface area contributed by atoms with Crippen molar-refractivity contribution in [3.8, 4) is 10.4 Å². The quantitative estimate of drug-likeness (QED) is 0.404. The third kappa shape index (κ3) is 6.37. The molecule has 0 saturated heterocycles. The van der Waals surface area contributed by atoms with Gasteiger partial charge in [0, 0.05) is 11.4 Å². The van der Waals surface area contributed by atoms with Crippen LogP contribution in [0, 0.1) is 0 Å². The SMILES string of the molecule is CCCCCCNC(=O)Nc1cc(-c2ccc(Cl)c(C(F)(F)F)c2)sc1C(=O)O. The topological polar surface area (TPSA) is 78.4 Å². The number of halogens is 4. The van der Waals surface area contributed by atoms with E-state index >= 15 is 0 Å². The number of hydrogen-bond donors (Lipinski definition) is 3. The summed E-state index contributed by atoms with van der Waals surface area (Å²) in [5.74, 6) is -1.29. The fourth-order valence-corrected chi connectivity index (χ4v) is 3.77. The van der Waals surface area contributed by atoms with Crippen LogP contribution in [0.2, 0.25) is 5.02 Å². The average Bonchev–Trinajstić information content (AvgIpc) is 3.05. The predicted octanol–water partition coefficient (Wildman–Crippen LogP) is 6.49. The van der Waals surface area contributed by atoms with Crippen molar-refractivity contribution in [3.05, 3.63) is 39.7 Å². The molecule has 0 spiro atoms. The summed E-state index contributed by atoms with van der Waals surface area (Å²) in [5, 5.41) is 14.0. The molecular formula is C19H20ClF3N2O3S. The van der Waals surface area contributed by atoms with E-state index in [0.29, 0.717) is 6.54 Å². The third-order valence-electron chi connectivity index (χ3n) is 4.05. The van der Waals surface area contributed by atoms with E-state index < -0.39 is 28.8 Å². The number of urea groups is 1. The highest BCUT2D eigenvalue weighted by atomic mass is 35.5. The third-order valence-corrected chi connectivity index (χ3v) is 5.55. The van der Waals surface area contributed by atoms with Gasteiger partial charge in [-0.25, -0.2) is 9.59 Å². The number of benzene rings is 1. The Bertz CT molecular complexity index is 884. The molecule has 0 atom stereocenters. The highest BCUT2D eigenvalue weighted by Gasteiger charge is 2.33. The summed E-state index contributed by atoms with van der Waals surface area (Å²) in [5.41, 5.74) is -0.837. The van der Waals surface area contributed by atoms with E-state index in [9.17, 15) is 27.9 Å². The molecule has 1 heterocycles. The largest absolute Gasteiger partial charge is 0.477 e. The van der Waals surface area contributed by atoms with E-state index in [4.69, 9.17) is 11.6 Å². The van der Waals surface area contributed by atoms with Crippen LogP contribution < -0.4 is 10.6 Å². The van der Waals surface area contributed by atoms with E-state index in [1.807, 2.05) is 0 Å². The number of hydrogen-bond acceptors (Lipinski definition) is 3. The Morgan fingerprint density at radius 1 is 1.17 bits per heavy atom. The molecule has 0 fully saturated rings. The fraction of sp³-hybridized carbons (Fsp3) is 0.368. The van der Waals surface area contributed by atoms with E-state index in [0.717, 1.165) is 49.2 Å². The summed E-state index contributed by atoms with van der Waals surface area (Å²) >= 11 is 6.40. The van der Waals surface area contributed by atoms with Crippen molar-refractivity contribution in [1.29, 1.82) is 0 Å². The van der Waals surface area contributed by atoms with Crippen LogP contribution in [0.4, 0.5) is 23.7 Å².